The monoisotopic (exact) mass is 600 g/mol. The third-order valence-corrected chi connectivity index (χ3v) is 7.28. The van der Waals surface area contributed by atoms with Crippen LogP contribution in [0, 0.1) is 0 Å². The van der Waals surface area contributed by atoms with E-state index in [1.165, 1.54) is 36.2 Å². The molecule has 0 bridgehead atoms. The lowest BCUT2D eigenvalue weighted by atomic mass is 9.73. The van der Waals surface area contributed by atoms with Crippen molar-refractivity contribution in [3.8, 4) is 0 Å². The molecule has 1 spiro atoms. The van der Waals surface area contributed by atoms with Gasteiger partial charge in [-0.3, -0.25) is 0 Å². The van der Waals surface area contributed by atoms with E-state index in [0.29, 0.717) is 11.5 Å². The number of anilines is 1. The van der Waals surface area contributed by atoms with Crippen LogP contribution in [-0.4, -0.2) is 57.1 Å². The molecule has 5 rings (SSSR count). The van der Waals surface area contributed by atoms with Crippen molar-refractivity contribution >= 4 is 17.6 Å². The summed E-state index contributed by atoms with van der Waals surface area (Å²) in [5, 5.41) is 18.1. The Morgan fingerprint density at radius 1 is 0.929 bits per heavy atom. The Morgan fingerprint density at radius 2 is 1.45 bits per heavy atom. The number of piperidine rings is 1. The smallest absolute Gasteiger partial charge is 0.475 e. The molecule has 0 amide bonds. The molecule has 0 radical (unpaired) electrons. The third kappa shape index (κ3) is 8.24. The minimum atomic E-state index is -5.08. The van der Waals surface area contributed by atoms with E-state index >= 15 is 0 Å². The Morgan fingerprint density at radius 3 is 1.95 bits per heavy atom. The summed E-state index contributed by atoms with van der Waals surface area (Å²) in [5.41, 5.74) is 5.97. The Balaban J connectivity index is 0.000000289. The normalized spacial score (nSPS) is 17.4. The molecular formula is C28H30F6N4O4. The number of benzene rings is 2. The van der Waals surface area contributed by atoms with Crippen molar-refractivity contribution < 1.29 is 46.1 Å². The first-order valence-corrected chi connectivity index (χ1v) is 12.8. The molecule has 8 nitrogen and oxygen atoms in total. The zero-order valence-electron chi connectivity index (χ0n) is 22.5. The quantitative estimate of drug-likeness (QED) is 0.342. The van der Waals surface area contributed by atoms with Crippen LogP contribution in [-0.2, 0) is 28.6 Å². The summed E-state index contributed by atoms with van der Waals surface area (Å²) in [4.78, 5) is 24.6. The van der Waals surface area contributed by atoms with Crippen LogP contribution in [0.5, 0.6) is 0 Å². The lowest BCUT2D eigenvalue weighted by Crippen LogP contribution is -2.42. The summed E-state index contributed by atoms with van der Waals surface area (Å²) in [6.07, 6.45) is -2.68. The second-order valence-corrected chi connectivity index (χ2v) is 9.93. The fourth-order valence-electron chi connectivity index (χ4n) is 5.16. The van der Waals surface area contributed by atoms with Crippen molar-refractivity contribution in [1.82, 2.24) is 14.9 Å². The molecule has 228 valence electrons. The number of aromatic nitrogens is 2. The standard InChI is InChI=1S/C24H28N4.2C2HF3O2/c1-27-18-25-16-20(27)17-26-23-15-24(22-10-6-5-9-21(22)23)11-13-28(14-12-24)19-7-3-2-4-8-19;2*3-2(4,5)1(6)7/h2-10,16,18,23,26H,11-15,17H2,1H3;2*(H,6,7). The van der Waals surface area contributed by atoms with Crippen molar-refractivity contribution in [3.05, 3.63) is 83.9 Å². The van der Waals surface area contributed by atoms with Crippen molar-refractivity contribution in [3.63, 3.8) is 0 Å². The Bertz CT molecular complexity index is 1310. The molecule has 1 aromatic heterocycles. The molecule has 1 atom stereocenters. The molecule has 1 unspecified atom stereocenters. The highest BCUT2D eigenvalue weighted by Gasteiger charge is 2.45. The summed E-state index contributed by atoms with van der Waals surface area (Å²) in [6.45, 7) is 3.13. The summed E-state index contributed by atoms with van der Waals surface area (Å²) < 4.78 is 65.6. The highest BCUT2D eigenvalue weighted by molar-refractivity contribution is 5.73. The summed E-state index contributed by atoms with van der Waals surface area (Å²) in [7, 11) is 2.06. The van der Waals surface area contributed by atoms with E-state index in [1.54, 1.807) is 5.56 Å². The number of carboxylic acids is 2. The topological polar surface area (TPSA) is 108 Å². The predicted octanol–water partition coefficient (Wildman–Crippen LogP) is 5.46. The molecule has 2 heterocycles. The van der Waals surface area contributed by atoms with Gasteiger partial charge in [-0.2, -0.15) is 26.3 Å². The lowest BCUT2D eigenvalue weighted by molar-refractivity contribution is -0.193. The van der Waals surface area contributed by atoms with Crippen LogP contribution >= 0.6 is 0 Å². The molecule has 14 heteroatoms. The van der Waals surface area contributed by atoms with E-state index in [0.717, 1.165) is 19.6 Å². The number of imidazole rings is 1. The van der Waals surface area contributed by atoms with E-state index < -0.39 is 24.3 Å². The molecule has 1 saturated heterocycles. The average Bonchev–Trinajstić information content (AvgIpc) is 3.48. The highest BCUT2D eigenvalue weighted by atomic mass is 19.4. The molecule has 42 heavy (non-hydrogen) atoms. The van der Waals surface area contributed by atoms with Crippen LogP contribution in [0.15, 0.2) is 67.1 Å². The number of hydrogen-bond donors (Lipinski definition) is 3. The number of aliphatic carboxylic acids is 2. The van der Waals surface area contributed by atoms with Gasteiger partial charge in [0.15, 0.2) is 0 Å². The van der Waals surface area contributed by atoms with Crippen LogP contribution < -0.4 is 10.2 Å². The van der Waals surface area contributed by atoms with Gasteiger partial charge in [-0.05, 0) is 42.5 Å². The van der Waals surface area contributed by atoms with E-state index in [2.05, 4.69) is 81.4 Å². The van der Waals surface area contributed by atoms with Gasteiger partial charge in [0.1, 0.15) is 0 Å². The fourth-order valence-corrected chi connectivity index (χ4v) is 5.16. The van der Waals surface area contributed by atoms with Crippen molar-refractivity contribution in [2.45, 2.75) is 49.6 Å². The zero-order valence-corrected chi connectivity index (χ0v) is 22.5. The number of alkyl halides is 6. The van der Waals surface area contributed by atoms with E-state index in [-0.39, 0.29) is 0 Å². The van der Waals surface area contributed by atoms with Gasteiger partial charge < -0.3 is 25.0 Å². The van der Waals surface area contributed by atoms with E-state index in [4.69, 9.17) is 19.8 Å². The summed E-state index contributed by atoms with van der Waals surface area (Å²) in [6, 6.07) is 20.4. The molecule has 3 N–H and O–H groups in total. The largest absolute Gasteiger partial charge is 0.490 e. The fraction of sp³-hybridized carbons (Fsp3) is 0.393. The van der Waals surface area contributed by atoms with Crippen LogP contribution in [0.25, 0.3) is 0 Å². The van der Waals surface area contributed by atoms with Crippen LogP contribution in [0.4, 0.5) is 32.0 Å². The first kappa shape index (κ1) is 32.4. The van der Waals surface area contributed by atoms with Crippen LogP contribution in [0.3, 0.4) is 0 Å². The maximum atomic E-state index is 10.6. The number of halogens is 6. The lowest BCUT2D eigenvalue weighted by Gasteiger charge is -2.41. The number of fused-ring (bicyclic) bond motifs is 2. The van der Waals surface area contributed by atoms with Gasteiger partial charge in [0.25, 0.3) is 0 Å². The number of carbonyl (C=O) groups is 2. The molecule has 3 aromatic rings. The first-order valence-electron chi connectivity index (χ1n) is 12.8. The Labute approximate surface area is 237 Å². The maximum absolute atomic E-state index is 10.6. The minimum Gasteiger partial charge on any atom is -0.475 e. The molecule has 2 aliphatic rings. The number of nitrogens with one attached hydrogen (secondary N) is 1. The number of carboxylic acid groups (broad SMARTS) is 2. The van der Waals surface area contributed by atoms with Gasteiger partial charge in [-0.1, -0.05) is 42.5 Å². The molecule has 0 saturated carbocycles. The first-order chi connectivity index (χ1) is 19.6. The second-order valence-electron chi connectivity index (χ2n) is 9.93. The average molecular weight is 601 g/mol. The highest BCUT2D eigenvalue weighted by Crippen LogP contribution is 2.51. The van der Waals surface area contributed by atoms with Gasteiger partial charge in [0.05, 0.1) is 12.0 Å². The van der Waals surface area contributed by atoms with Gasteiger partial charge in [-0.25, -0.2) is 14.6 Å². The molecule has 1 aliphatic carbocycles. The SMILES string of the molecule is Cn1cncc1CNC1CC2(CCN(c3ccccc3)CC2)c2ccccc21.O=C(O)C(F)(F)F.O=C(O)C(F)(F)F. The van der Waals surface area contributed by atoms with Gasteiger partial charge >= 0.3 is 24.3 Å². The zero-order chi connectivity index (χ0) is 31.1. The molecule has 1 aliphatic heterocycles. The number of hydrogen-bond acceptors (Lipinski definition) is 5. The van der Waals surface area contributed by atoms with Gasteiger partial charge in [-0.15, -0.1) is 0 Å². The number of rotatable bonds is 4. The van der Waals surface area contributed by atoms with Crippen molar-refractivity contribution in [2.24, 2.45) is 7.05 Å². The summed E-state index contributed by atoms with van der Waals surface area (Å²) in [5.74, 6) is -5.51. The van der Waals surface area contributed by atoms with Crippen LogP contribution in [0.1, 0.15) is 42.1 Å². The number of aryl methyl sites for hydroxylation is 1. The molecule has 1 fully saturated rings. The van der Waals surface area contributed by atoms with Crippen LogP contribution in [0.2, 0.25) is 0 Å². The third-order valence-electron chi connectivity index (χ3n) is 7.28. The number of para-hydroxylation sites is 1. The van der Waals surface area contributed by atoms with E-state index in [1.807, 2.05) is 12.5 Å². The number of nitrogens with zero attached hydrogens (tertiary/aromatic N) is 3. The maximum Gasteiger partial charge on any atom is 0.490 e. The molecule has 2 aromatic carbocycles. The second kappa shape index (κ2) is 13.3. The predicted molar refractivity (Wildman–Crippen MR) is 141 cm³/mol. The van der Waals surface area contributed by atoms with Gasteiger partial charge in [0.2, 0.25) is 0 Å². The minimum absolute atomic E-state index is 0.312. The van der Waals surface area contributed by atoms with Gasteiger partial charge in [0, 0.05) is 50.0 Å². The summed E-state index contributed by atoms with van der Waals surface area (Å²) >= 11 is 0. The van der Waals surface area contributed by atoms with E-state index in [9.17, 15) is 26.3 Å². The Hall–Kier alpha value is -4.07. The molecular weight excluding hydrogens is 570 g/mol. The Kier molecular flexibility index (Phi) is 10.3. The van der Waals surface area contributed by atoms with Crippen molar-refractivity contribution in [2.75, 3.05) is 18.0 Å². The van der Waals surface area contributed by atoms with Crippen molar-refractivity contribution in [1.29, 1.82) is 0 Å².